The van der Waals surface area contributed by atoms with Gasteiger partial charge in [-0.1, -0.05) is 0 Å². The molecule has 0 saturated carbocycles. The number of rotatable bonds is 3. The van der Waals surface area contributed by atoms with Crippen LogP contribution in [0.25, 0.3) is 0 Å². The van der Waals surface area contributed by atoms with Crippen molar-refractivity contribution in [2.45, 2.75) is 13.0 Å². The Morgan fingerprint density at radius 1 is 1.92 bits per heavy atom. The fraction of sp³-hybridized carbons (Fsp3) is 0.429. The van der Waals surface area contributed by atoms with Gasteiger partial charge in [0.15, 0.2) is 0 Å². The second kappa shape index (κ2) is 4.11. The van der Waals surface area contributed by atoms with E-state index in [1.165, 1.54) is 6.20 Å². The molecule has 66 valence electrons. The van der Waals surface area contributed by atoms with Crippen LogP contribution in [0.15, 0.2) is 12.3 Å². The van der Waals surface area contributed by atoms with E-state index in [0.717, 1.165) is 0 Å². The molecule has 0 bridgehead atoms. The van der Waals surface area contributed by atoms with Gasteiger partial charge in [-0.05, 0) is 13.0 Å². The Kier molecular flexibility index (Phi) is 3.10. The largest absolute Gasteiger partial charge is 0.347 e. The summed E-state index contributed by atoms with van der Waals surface area (Å²) in [4.78, 5) is 11.2. The molecule has 1 unspecified atom stereocenters. The van der Waals surface area contributed by atoms with Crippen LogP contribution in [0.3, 0.4) is 0 Å². The van der Waals surface area contributed by atoms with E-state index in [4.69, 9.17) is 11.6 Å². The van der Waals surface area contributed by atoms with Crippen LogP contribution in [0.5, 0.6) is 0 Å². The Morgan fingerprint density at radius 2 is 2.67 bits per heavy atom. The number of nitrogens with one attached hydrogen (secondary N) is 2. The molecule has 5 heteroatoms. The van der Waals surface area contributed by atoms with Gasteiger partial charge in [-0.25, -0.2) is 0 Å². The third kappa shape index (κ3) is 2.23. The van der Waals surface area contributed by atoms with Gasteiger partial charge < -0.3 is 5.32 Å². The van der Waals surface area contributed by atoms with Crippen LogP contribution in [-0.2, 0) is 0 Å². The summed E-state index contributed by atoms with van der Waals surface area (Å²) < 4.78 is 0. The van der Waals surface area contributed by atoms with Crippen molar-refractivity contribution in [2.24, 2.45) is 0 Å². The first kappa shape index (κ1) is 9.06. The maximum absolute atomic E-state index is 11.2. The molecule has 4 nitrogen and oxygen atoms in total. The number of halogens is 1. The summed E-state index contributed by atoms with van der Waals surface area (Å²) in [5.74, 6) is 0.223. The third-order valence-electron chi connectivity index (χ3n) is 1.35. The minimum Gasteiger partial charge on any atom is -0.347 e. The highest BCUT2D eigenvalue weighted by atomic mass is 35.5. The van der Waals surface area contributed by atoms with Crippen molar-refractivity contribution in [3.63, 3.8) is 0 Å². The molecule has 12 heavy (non-hydrogen) atoms. The molecule has 2 N–H and O–H groups in total. The maximum atomic E-state index is 11.2. The van der Waals surface area contributed by atoms with Crippen molar-refractivity contribution in [2.75, 3.05) is 5.88 Å². The molecule has 0 aliphatic carbocycles. The Morgan fingerprint density at radius 3 is 3.17 bits per heavy atom. The van der Waals surface area contributed by atoms with Gasteiger partial charge >= 0.3 is 0 Å². The first-order chi connectivity index (χ1) is 5.74. The zero-order valence-electron chi connectivity index (χ0n) is 6.67. The molecule has 1 rings (SSSR count). The van der Waals surface area contributed by atoms with Crippen molar-refractivity contribution < 1.29 is 4.79 Å². The smallest absolute Gasteiger partial charge is 0.269 e. The van der Waals surface area contributed by atoms with Gasteiger partial charge in [0.2, 0.25) is 0 Å². The molecule has 0 spiro atoms. The second-order valence-corrected chi connectivity index (χ2v) is 2.81. The lowest BCUT2D eigenvalue weighted by molar-refractivity contribution is 0.0938. The van der Waals surface area contributed by atoms with Crippen LogP contribution in [-0.4, -0.2) is 28.0 Å². The standard InChI is InChI=1S/C7H10ClN3O/c1-5(4-8)10-7(12)6-2-3-9-11-6/h2-3,5H,4H2,1H3,(H,9,11)(H,10,12). The van der Waals surface area contributed by atoms with Crippen LogP contribution >= 0.6 is 11.6 Å². The van der Waals surface area contributed by atoms with Gasteiger partial charge in [-0.2, -0.15) is 5.10 Å². The zero-order chi connectivity index (χ0) is 8.97. The van der Waals surface area contributed by atoms with Crippen molar-refractivity contribution in [1.29, 1.82) is 0 Å². The number of aromatic amines is 1. The average molecular weight is 188 g/mol. The van der Waals surface area contributed by atoms with Gasteiger partial charge in [-0.3, -0.25) is 9.89 Å². The molecule has 0 aromatic carbocycles. The second-order valence-electron chi connectivity index (χ2n) is 2.50. The number of hydrogen-bond donors (Lipinski definition) is 2. The van der Waals surface area contributed by atoms with E-state index in [0.29, 0.717) is 11.6 Å². The lowest BCUT2D eigenvalue weighted by Crippen LogP contribution is -2.33. The van der Waals surface area contributed by atoms with Gasteiger partial charge in [0.05, 0.1) is 0 Å². The molecule has 0 aliphatic rings. The lowest BCUT2D eigenvalue weighted by Gasteiger charge is -2.08. The summed E-state index contributed by atoms with van der Waals surface area (Å²) in [6.07, 6.45) is 1.53. The SMILES string of the molecule is CC(CCl)NC(=O)c1ccn[nH]1. The normalized spacial score (nSPS) is 12.5. The van der Waals surface area contributed by atoms with E-state index in [1.54, 1.807) is 6.07 Å². The Hall–Kier alpha value is -1.03. The highest BCUT2D eigenvalue weighted by Gasteiger charge is 2.08. The number of carbonyl (C=O) groups excluding carboxylic acids is 1. The van der Waals surface area contributed by atoms with Crippen molar-refractivity contribution in [3.05, 3.63) is 18.0 Å². The predicted octanol–water partition coefficient (Wildman–Crippen LogP) is 0.767. The van der Waals surface area contributed by atoms with Crippen molar-refractivity contribution in [1.82, 2.24) is 15.5 Å². The molecule has 0 fully saturated rings. The molecule has 0 aliphatic heterocycles. The van der Waals surface area contributed by atoms with Gasteiger partial charge in [-0.15, -0.1) is 11.6 Å². The Balaban J connectivity index is 2.50. The average Bonchev–Trinajstić information content (AvgIpc) is 2.56. The van der Waals surface area contributed by atoms with Crippen LogP contribution in [0, 0.1) is 0 Å². The predicted molar refractivity (Wildman–Crippen MR) is 46.2 cm³/mol. The van der Waals surface area contributed by atoms with Crippen molar-refractivity contribution >= 4 is 17.5 Å². The fourth-order valence-electron chi connectivity index (χ4n) is 0.722. The first-order valence-electron chi connectivity index (χ1n) is 3.60. The monoisotopic (exact) mass is 187 g/mol. The number of aromatic nitrogens is 2. The molecule has 1 aromatic heterocycles. The minimum atomic E-state index is -0.180. The number of carbonyl (C=O) groups is 1. The molecular weight excluding hydrogens is 178 g/mol. The quantitative estimate of drug-likeness (QED) is 0.687. The van der Waals surface area contributed by atoms with Crippen LogP contribution in [0.4, 0.5) is 0 Å². The molecule has 1 atom stereocenters. The Labute approximate surface area is 75.3 Å². The number of H-pyrrole nitrogens is 1. The summed E-state index contributed by atoms with van der Waals surface area (Å²) in [5.41, 5.74) is 0.451. The minimum absolute atomic E-state index is 0.0255. The zero-order valence-corrected chi connectivity index (χ0v) is 7.43. The summed E-state index contributed by atoms with van der Waals surface area (Å²) in [6.45, 7) is 1.83. The summed E-state index contributed by atoms with van der Waals surface area (Å²) in [7, 11) is 0. The van der Waals surface area contributed by atoms with E-state index in [9.17, 15) is 4.79 Å². The van der Waals surface area contributed by atoms with Gasteiger partial charge in [0.25, 0.3) is 5.91 Å². The topological polar surface area (TPSA) is 57.8 Å². The van der Waals surface area contributed by atoms with Crippen LogP contribution < -0.4 is 5.32 Å². The third-order valence-corrected chi connectivity index (χ3v) is 1.82. The highest BCUT2D eigenvalue weighted by molar-refractivity contribution is 6.18. The molecule has 1 amide bonds. The summed E-state index contributed by atoms with van der Waals surface area (Å²) in [6, 6.07) is 1.58. The molecule has 1 heterocycles. The van der Waals surface area contributed by atoms with Gasteiger partial charge in [0.1, 0.15) is 5.69 Å². The summed E-state index contributed by atoms with van der Waals surface area (Å²) in [5, 5.41) is 8.91. The molecule has 1 aromatic rings. The number of alkyl halides is 1. The van der Waals surface area contributed by atoms with E-state index in [-0.39, 0.29) is 11.9 Å². The summed E-state index contributed by atoms with van der Waals surface area (Å²) >= 11 is 5.52. The first-order valence-corrected chi connectivity index (χ1v) is 4.13. The van der Waals surface area contributed by atoms with Crippen LogP contribution in [0.2, 0.25) is 0 Å². The fourth-order valence-corrected chi connectivity index (χ4v) is 0.800. The Bertz CT molecular complexity index is 247. The lowest BCUT2D eigenvalue weighted by atomic mass is 10.3. The number of amides is 1. The van der Waals surface area contributed by atoms with E-state index in [2.05, 4.69) is 15.5 Å². The molecule has 0 radical (unpaired) electrons. The van der Waals surface area contributed by atoms with E-state index < -0.39 is 0 Å². The van der Waals surface area contributed by atoms with E-state index in [1.807, 2.05) is 6.92 Å². The highest BCUT2D eigenvalue weighted by Crippen LogP contribution is 1.93. The molecular formula is C7H10ClN3O. The van der Waals surface area contributed by atoms with E-state index >= 15 is 0 Å². The van der Waals surface area contributed by atoms with Gasteiger partial charge in [0, 0.05) is 18.1 Å². The molecule has 0 saturated heterocycles. The van der Waals surface area contributed by atoms with Crippen molar-refractivity contribution in [3.8, 4) is 0 Å². The number of nitrogens with zero attached hydrogens (tertiary/aromatic N) is 1. The number of hydrogen-bond acceptors (Lipinski definition) is 2. The maximum Gasteiger partial charge on any atom is 0.269 e. The van der Waals surface area contributed by atoms with Crippen LogP contribution in [0.1, 0.15) is 17.4 Å².